The zero-order valence-electron chi connectivity index (χ0n) is 18.3. The van der Waals surface area contributed by atoms with Crippen molar-refractivity contribution in [1.29, 1.82) is 0 Å². The monoisotopic (exact) mass is 445 g/mol. The van der Waals surface area contributed by atoms with Crippen LogP contribution in [0.2, 0.25) is 0 Å². The molecule has 1 amide bonds. The summed E-state index contributed by atoms with van der Waals surface area (Å²) in [5.74, 6) is 5.31. The summed E-state index contributed by atoms with van der Waals surface area (Å²) in [4.78, 5) is 30.6. The van der Waals surface area contributed by atoms with E-state index in [2.05, 4.69) is 27.2 Å². The summed E-state index contributed by atoms with van der Waals surface area (Å²) in [7, 11) is 2.96. The van der Waals surface area contributed by atoms with E-state index in [9.17, 15) is 14.7 Å². The molecular formula is C24H23N5O4. The zero-order valence-corrected chi connectivity index (χ0v) is 18.3. The van der Waals surface area contributed by atoms with E-state index in [0.717, 1.165) is 12.8 Å². The third kappa shape index (κ3) is 3.79. The molecule has 5 rings (SSSR count). The van der Waals surface area contributed by atoms with Gasteiger partial charge in [0.25, 0.3) is 5.91 Å². The summed E-state index contributed by atoms with van der Waals surface area (Å²) in [6.45, 7) is 0.463. The van der Waals surface area contributed by atoms with Crippen molar-refractivity contribution in [3.05, 3.63) is 47.8 Å². The minimum atomic E-state index is -1.67. The lowest BCUT2D eigenvalue weighted by Gasteiger charge is -2.13. The van der Waals surface area contributed by atoms with Crippen LogP contribution in [0.4, 0.5) is 5.82 Å². The summed E-state index contributed by atoms with van der Waals surface area (Å²) >= 11 is 0. The molecule has 1 saturated carbocycles. The average molecular weight is 445 g/mol. The van der Waals surface area contributed by atoms with Crippen LogP contribution in [0.15, 0.2) is 36.5 Å². The van der Waals surface area contributed by atoms with Gasteiger partial charge in [0.05, 0.1) is 23.7 Å². The van der Waals surface area contributed by atoms with Crippen LogP contribution in [-0.2, 0) is 9.53 Å². The number of aromatic nitrogens is 3. The van der Waals surface area contributed by atoms with E-state index in [4.69, 9.17) is 4.74 Å². The number of hydrogen-bond acceptors (Lipinski definition) is 7. The first-order chi connectivity index (χ1) is 15.9. The van der Waals surface area contributed by atoms with Crippen molar-refractivity contribution in [2.75, 3.05) is 26.0 Å². The van der Waals surface area contributed by atoms with Gasteiger partial charge in [0.1, 0.15) is 5.82 Å². The van der Waals surface area contributed by atoms with E-state index in [0.29, 0.717) is 40.6 Å². The summed E-state index contributed by atoms with van der Waals surface area (Å²) in [6, 6.07) is 9.37. The van der Waals surface area contributed by atoms with Gasteiger partial charge in [0.15, 0.2) is 5.69 Å². The minimum Gasteiger partial charge on any atom is -0.464 e. The summed E-state index contributed by atoms with van der Waals surface area (Å²) in [5.41, 5.74) is 0.485. The maximum absolute atomic E-state index is 12.5. The topological polar surface area (TPSA) is 110 Å². The third-order valence-electron chi connectivity index (χ3n) is 5.90. The number of nitrogens with one attached hydrogen (secondary N) is 1. The van der Waals surface area contributed by atoms with Crippen molar-refractivity contribution in [3.63, 3.8) is 0 Å². The first kappa shape index (κ1) is 21.0. The number of nitrogens with zero attached hydrogens (tertiary/aromatic N) is 4. The van der Waals surface area contributed by atoms with Gasteiger partial charge in [-0.25, -0.2) is 14.5 Å². The SMILES string of the molecule is COC(=O)c1nn(-c2cccc(C#C[C@@]3(O)CCN(C)C3=O)c2)c2ccnc(NC3CC3)c12. The number of fused-ring (bicyclic) bond motifs is 1. The maximum atomic E-state index is 12.5. The predicted octanol–water partition coefficient (Wildman–Crippen LogP) is 1.73. The van der Waals surface area contributed by atoms with Gasteiger partial charge in [0.2, 0.25) is 5.60 Å². The van der Waals surface area contributed by atoms with Gasteiger partial charge in [0, 0.05) is 37.8 Å². The molecule has 1 aromatic carbocycles. The Labute approximate surface area is 190 Å². The fourth-order valence-corrected chi connectivity index (χ4v) is 3.89. The number of anilines is 1. The molecule has 9 heteroatoms. The Bertz CT molecular complexity index is 1330. The van der Waals surface area contributed by atoms with Crippen LogP contribution in [0.5, 0.6) is 0 Å². The van der Waals surface area contributed by atoms with Gasteiger partial charge in [-0.2, -0.15) is 5.10 Å². The summed E-state index contributed by atoms with van der Waals surface area (Å²) in [5, 5.41) is 19.1. The van der Waals surface area contributed by atoms with E-state index in [1.807, 2.05) is 12.1 Å². The van der Waals surface area contributed by atoms with Crippen LogP contribution >= 0.6 is 0 Å². The number of methoxy groups -OCH3 is 1. The van der Waals surface area contributed by atoms with Crippen molar-refractivity contribution >= 4 is 28.6 Å². The van der Waals surface area contributed by atoms with E-state index in [1.165, 1.54) is 12.0 Å². The van der Waals surface area contributed by atoms with E-state index >= 15 is 0 Å². The Morgan fingerprint density at radius 2 is 2.15 bits per heavy atom. The largest absolute Gasteiger partial charge is 0.464 e. The van der Waals surface area contributed by atoms with Crippen molar-refractivity contribution in [1.82, 2.24) is 19.7 Å². The van der Waals surface area contributed by atoms with Gasteiger partial charge >= 0.3 is 5.97 Å². The Hall–Kier alpha value is -3.90. The summed E-state index contributed by atoms with van der Waals surface area (Å²) < 4.78 is 6.61. The van der Waals surface area contributed by atoms with E-state index in [-0.39, 0.29) is 12.1 Å². The van der Waals surface area contributed by atoms with Crippen molar-refractivity contribution < 1.29 is 19.4 Å². The first-order valence-corrected chi connectivity index (χ1v) is 10.7. The normalized spacial score (nSPS) is 20.0. The van der Waals surface area contributed by atoms with Crippen molar-refractivity contribution in [2.24, 2.45) is 0 Å². The number of likely N-dealkylation sites (N-methyl/N-ethyl adjacent to an activating group) is 1. The molecule has 1 atom stereocenters. The van der Waals surface area contributed by atoms with Crippen molar-refractivity contribution in [2.45, 2.75) is 30.9 Å². The Balaban J connectivity index is 1.57. The number of benzene rings is 1. The second-order valence-electron chi connectivity index (χ2n) is 8.36. The molecule has 0 spiro atoms. The number of amides is 1. The Kier molecular flexibility index (Phi) is 5.02. The molecule has 2 aliphatic rings. The molecular weight excluding hydrogens is 422 g/mol. The molecule has 3 aromatic rings. The number of carbonyl (C=O) groups is 2. The second kappa shape index (κ2) is 7.90. The number of pyridine rings is 1. The highest BCUT2D eigenvalue weighted by Crippen LogP contribution is 2.32. The minimum absolute atomic E-state index is 0.175. The molecule has 2 fully saturated rings. The number of rotatable bonds is 4. The molecule has 1 aliphatic heterocycles. The van der Waals surface area contributed by atoms with E-state index < -0.39 is 17.5 Å². The number of carbonyl (C=O) groups excluding carboxylic acids is 2. The molecule has 0 bridgehead atoms. The van der Waals surface area contributed by atoms with Crippen molar-refractivity contribution in [3.8, 4) is 17.5 Å². The quantitative estimate of drug-likeness (QED) is 0.465. The fraction of sp³-hybridized carbons (Fsp3) is 0.333. The molecule has 0 unspecified atom stereocenters. The molecule has 1 aliphatic carbocycles. The van der Waals surface area contributed by atoms with Gasteiger partial charge in [-0.3, -0.25) is 4.79 Å². The van der Waals surface area contributed by atoms with Crippen LogP contribution in [-0.4, -0.2) is 69.0 Å². The maximum Gasteiger partial charge on any atom is 0.359 e. The van der Waals surface area contributed by atoms with Crippen LogP contribution in [0.3, 0.4) is 0 Å². The molecule has 33 heavy (non-hydrogen) atoms. The predicted molar refractivity (Wildman–Crippen MR) is 121 cm³/mol. The number of esters is 1. The fourth-order valence-electron chi connectivity index (χ4n) is 3.89. The molecule has 3 heterocycles. The number of aliphatic hydroxyl groups is 1. The molecule has 2 aromatic heterocycles. The smallest absolute Gasteiger partial charge is 0.359 e. The van der Waals surface area contributed by atoms with Crippen LogP contribution in [0, 0.1) is 11.8 Å². The lowest BCUT2D eigenvalue weighted by Crippen LogP contribution is -2.37. The third-order valence-corrected chi connectivity index (χ3v) is 5.90. The van der Waals surface area contributed by atoms with Gasteiger partial charge in [-0.1, -0.05) is 17.9 Å². The van der Waals surface area contributed by atoms with Gasteiger partial charge in [-0.05, 0) is 37.1 Å². The Morgan fingerprint density at radius 1 is 1.33 bits per heavy atom. The van der Waals surface area contributed by atoms with Gasteiger partial charge < -0.3 is 20.1 Å². The van der Waals surface area contributed by atoms with Gasteiger partial charge in [-0.15, -0.1) is 0 Å². The highest BCUT2D eigenvalue weighted by atomic mass is 16.5. The average Bonchev–Trinajstić information content (AvgIpc) is 3.50. The number of ether oxygens (including phenoxy) is 1. The lowest BCUT2D eigenvalue weighted by molar-refractivity contribution is -0.137. The second-order valence-corrected chi connectivity index (χ2v) is 8.36. The lowest BCUT2D eigenvalue weighted by atomic mass is 10.0. The highest BCUT2D eigenvalue weighted by Gasteiger charge is 2.42. The van der Waals surface area contributed by atoms with E-state index in [1.54, 1.807) is 36.1 Å². The zero-order chi connectivity index (χ0) is 23.2. The number of likely N-dealkylation sites (tertiary alicyclic amines) is 1. The van der Waals surface area contributed by atoms with Crippen LogP contribution < -0.4 is 5.32 Å². The Morgan fingerprint density at radius 3 is 2.85 bits per heavy atom. The number of hydrogen-bond donors (Lipinski definition) is 2. The molecule has 9 nitrogen and oxygen atoms in total. The highest BCUT2D eigenvalue weighted by molar-refractivity contribution is 6.07. The molecule has 1 saturated heterocycles. The molecule has 168 valence electrons. The summed E-state index contributed by atoms with van der Waals surface area (Å²) in [6.07, 6.45) is 4.06. The van der Waals surface area contributed by atoms with Crippen LogP contribution in [0.1, 0.15) is 35.3 Å². The molecule has 2 N–H and O–H groups in total. The standard InChI is InChI=1S/C24H23N5O4/c1-28-13-11-24(32,23(28)31)10-8-15-4-3-5-17(14-15)29-18-9-12-25-21(26-16-6-7-16)19(18)20(27-29)22(30)33-2/h3-5,9,12,14,16,32H,6-7,11,13H2,1-2H3,(H,25,26)/t24-/m1/s1. The molecule has 0 radical (unpaired) electrons. The first-order valence-electron chi connectivity index (χ1n) is 10.7. The van der Waals surface area contributed by atoms with Crippen LogP contribution in [0.25, 0.3) is 16.6 Å².